The molecule has 2 unspecified atom stereocenters. The first kappa shape index (κ1) is 13.3. The minimum atomic E-state index is 0.181. The Morgan fingerprint density at radius 1 is 1.26 bits per heavy atom. The van der Waals surface area contributed by atoms with Gasteiger partial charge in [-0.1, -0.05) is 19.9 Å². The smallest absolute Gasteiger partial charge is 0.119 e. The number of ether oxygens (including phenoxy) is 1. The van der Waals surface area contributed by atoms with E-state index < -0.39 is 0 Å². The molecule has 2 nitrogen and oxygen atoms in total. The number of fused-ring (bicyclic) bond motifs is 4. The minimum Gasteiger partial charge on any atom is -0.497 e. The number of thioether (sulfide) groups is 1. The Hall–Kier alpha value is -0.670. The highest BCUT2D eigenvalue weighted by molar-refractivity contribution is 8.01. The lowest BCUT2D eigenvalue weighted by Gasteiger charge is -2.55. The monoisotopic (exact) mass is 277 g/mol. The maximum atomic E-state index is 5.43. The summed E-state index contributed by atoms with van der Waals surface area (Å²) in [4.78, 5) is 2.51. The van der Waals surface area contributed by atoms with Crippen LogP contribution in [-0.2, 0) is 10.2 Å². The van der Waals surface area contributed by atoms with E-state index in [4.69, 9.17) is 4.74 Å². The molecular weight excluding hydrogens is 254 g/mol. The molecule has 0 saturated carbocycles. The summed E-state index contributed by atoms with van der Waals surface area (Å²) in [5.41, 5.74) is 3.15. The maximum Gasteiger partial charge on any atom is 0.119 e. The molecule has 0 aliphatic carbocycles. The van der Waals surface area contributed by atoms with Crippen molar-refractivity contribution in [1.82, 2.24) is 4.90 Å². The van der Waals surface area contributed by atoms with Gasteiger partial charge in [0.05, 0.1) is 12.5 Å². The SMILES string of the molecule is COc1ccc2c(c1)C1(C)CCN(C)C(S1)C2(C)C. The summed E-state index contributed by atoms with van der Waals surface area (Å²) in [6.45, 7) is 8.31. The van der Waals surface area contributed by atoms with E-state index in [-0.39, 0.29) is 10.2 Å². The minimum absolute atomic E-state index is 0.181. The molecule has 2 aliphatic rings. The van der Waals surface area contributed by atoms with Crippen LogP contribution in [0, 0.1) is 0 Å². The summed E-state index contributed by atoms with van der Waals surface area (Å²) in [5.74, 6) is 0.980. The molecule has 104 valence electrons. The van der Waals surface area contributed by atoms with E-state index in [1.807, 2.05) is 0 Å². The molecule has 1 aromatic rings. The normalized spacial score (nSPS) is 32.8. The Labute approximate surface area is 120 Å². The van der Waals surface area contributed by atoms with Crippen LogP contribution < -0.4 is 4.74 Å². The van der Waals surface area contributed by atoms with Crippen molar-refractivity contribution < 1.29 is 4.74 Å². The lowest BCUT2D eigenvalue weighted by atomic mass is 9.75. The first-order chi connectivity index (χ1) is 8.88. The zero-order valence-corrected chi connectivity index (χ0v) is 13.3. The molecule has 1 aromatic carbocycles. The van der Waals surface area contributed by atoms with E-state index >= 15 is 0 Å². The van der Waals surface area contributed by atoms with E-state index in [0.717, 1.165) is 5.75 Å². The van der Waals surface area contributed by atoms with Crippen LogP contribution in [-0.4, -0.2) is 31.0 Å². The summed E-state index contributed by atoms with van der Waals surface area (Å²) in [6, 6.07) is 6.64. The predicted molar refractivity (Wildman–Crippen MR) is 82.0 cm³/mol. The highest BCUT2D eigenvalue weighted by Gasteiger charge is 2.50. The van der Waals surface area contributed by atoms with E-state index in [2.05, 4.69) is 62.7 Å². The van der Waals surface area contributed by atoms with Crippen LogP contribution in [0.3, 0.4) is 0 Å². The van der Waals surface area contributed by atoms with Crippen molar-refractivity contribution in [1.29, 1.82) is 0 Å². The van der Waals surface area contributed by atoms with E-state index in [9.17, 15) is 0 Å². The van der Waals surface area contributed by atoms with Crippen LogP contribution in [0.5, 0.6) is 5.75 Å². The number of rotatable bonds is 1. The number of nitrogens with zero attached hydrogens (tertiary/aromatic N) is 1. The second kappa shape index (κ2) is 4.16. The van der Waals surface area contributed by atoms with Gasteiger partial charge in [0.25, 0.3) is 0 Å². The molecule has 3 rings (SSSR count). The van der Waals surface area contributed by atoms with Gasteiger partial charge in [0, 0.05) is 16.7 Å². The Morgan fingerprint density at radius 3 is 2.68 bits per heavy atom. The fourth-order valence-corrected chi connectivity index (χ4v) is 5.29. The van der Waals surface area contributed by atoms with Crippen molar-refractivity contribution in [3.63, 3.8) is 0 Å². The van der Waals surface area contributed by atoms with Crippen LogP contribution in [0.4, 0.5) is 0 Å². The average molecular weight is 277 g/mol. The summed E-state index contributed by atoms with van der Waals surface area (Å²) >= 11 is 2.12. The van der Waals surface area contributed by atoms with Gasteiger partial charge >= 0.3 is 0 Å². The average Bonchev–Trinajstić information content (AvgIpc) is 2.40. The molecule has 0 aromatic heterocycles. The number of hydrogen-bond acceptors (Lipinski definition) is 3. The third-order valence-electron chi connectivity index (χ3n) is 4.82. The van der Waals surface area contributed by atoms with Gasteiger partial charge < -0.3 is 4.74 Å². The number of likely N-dealkylation sites (N-methyl/N-ethyl adjacent to an activating group) is 1. The van der Waals surface area contributed by atoms with Crippen LogP contribution in [0.2, 0.25) is 0 Å². The second-order valence-corrected chi connectivity index (χ2v) is 8.15. The lowest BCUT2D eigenvalue weighted by molar-refractivity contribution is 0.197. The fraction of sp³-hybridized carbons (Fsp3) is 0.625. The quantitative estimate of drug-likeness (QED) is 0.778. The zero-order valence-electron chi connectivity index (χ0n) is 12.5. The maximum absolute atomic E-state index is 5.43. The number of methoxy groups -OCH3 is 1. The second-order valence-electron chi connectivity index (χ2n) is 6.56. The summed E-state index contributed by atoms with van der Waals surface area (Å²) < 4.78 is 5.67. The van der Waals surface area contributed by atoms with Gasteiger partial charge in [-0.25, -0.2) is 0 Å². The van der Waals surface area contributed by atoms with Crippen molar-refractivity contribution in [2.45, 2.75) is 42.7 Å². The van der Waals surface area contributed by atoms with Crippen LogP contribution >= 0.6 is 11.8 Å². The van der Waals surface area contributed by atoms with E-state index in [0.29, 0.717) is 5.37 Å². The van der Waals surface area contributed by atoms with Crippen molar-refractivity contribution in [3.8, 4) is 5.75 Å². The Balaban J connectivity index is 2.20. The molecule has 0 N–H and O–H groups in total. The van der Waals surface area contributed by atoms with Gasteiger partial charge in [-0.15, -0.1) is 11.8 Å². The molecule has 2 bridgehead atoms. The number of benzene rings is 1. The van der Waals surface area contributed by atoms with Crippen LogP contribution in [0.25, 0.3) is 0 Å². The zero-order chi connectivity index (χ0) is 13.8. The summed E-state index contributed by atoms with van der Waals surface area (Å²) in [7, 11) is 4.01. The molecule has 0 radical (unpaired) electrons. The van der Waals surface area contributed by atoms with E-state index in [1.165, 1.54) is 24.1 Å². The van der Waals surface area contributed by atoms with E-state index in [1.54, 1.807) is 7.11 Å². The lowest BCUT2D eigenvalue weighted by Crippen LogP contribution is -2.54. The van der Waals surface area contributed by atoms with Gasteiger partial charge in [-0.2, -0.15) is 0 Å². The standard InChI is InChI=1S/C16H23NOS/c1-15(2)12-7-6-11(18-5)10-13(12)16(3)8-9-17(4)14(15)19-16/h6-7,10,14H,8-9H2,1-5H3. The molecule has 1 saturated heterocycles. The summed E-state index contributed by atoms with van der Waals surface area (Å²) in [6.07, 6.45) is 1.21. The van der Waals surface area contributed by atoms with Crippen molar-refractivity contribution in [2.24, 2.45) is 0 Å². The predicted octanol–water partition coefficient (Wildman–Crippen LogP) is 3.60. The Bertz CT molecular complexity index is 513. The van der Waals surface area contributed by atoms with Gasteiger partial charge in [-0.05, 0) is 43.7 Å². The largest absolute Gasteiger partial charge is 0.497 e. The first-order valence-corrected chi connectivity index (χ1v) is 7.83. The molecule has 0 spiro atoms. The van der Waals surface area contributed by atoms with Crippen LogP contribution in [0.15, 0.2) is 18.2 Å². The molecule has 2 heterocycles. The van der Waals surface area contributed by atoms with Gasteiger partial charge in [-0.3, -0.25) is 4.90 Å². The highest BCUT2D eigenvalue weighted by Crippen LogP contribution is 2.58. The molecule has 0 amide bonds. The van der Waals surface area contributed by atoms with Crippen molar-refractivity contribution in [3.05, 3.63) is 29.3 Å². The Kier molecular flexibility index (Phi) is 2.92. The third kappa shape index (κ3) is 1.82. The molecule has 2 atom stereocenters. The van der Waals surface area contributed by atoms with Gasteiger partial charge in [0.15, 0.2) is 0 Å². The first-order valence-electron chi connectivity index (χ1n) is 6.95. The topological polar surface area (TPSA) is 12.5 Å². The van der Waals surface area contributed by atoms with Crippen molar-refractivity contribution >= 4 is 11.8 Å². The third-order valence-corrected chi connectivity index (χ3v) is 6.94. The van der Waals surface area contributed by atoms with Crippen LogP contribution in [0.1, 0.15) is 38.3 Å². The summed E-state index contributed by atoms with van der Waals surface area (Å²) in [5, 5.41) is 0.562. The fourth-order valence-electron chi connectivity index (χ4n) is 3.58. The Morgan fingerprint density at radius 2 is 2.00 bits per heavy atom. The van der Waals surface area contributed by atoms with Gasteiger partial charge in [0.1, 0.15) is 5.75 Å². The molecule has 2 aliphatic heterocycles. The highest BCUT2D eigenvalue weighted by atomic mass is 32.2. The molecule has 3 heteroatoms. The molecule has 1 fully saturated rings. The van der Waals surface area contributed by atoms with Crippen molar-refractivity contribution in [2.75, 3.05) is 20.7 Å². The molecular formula is C16H23NOS. The van der Waals surface area contributed by atoms with Gasteiger partial charge in [0.2, 0.25) is 0 Å². The molecule has 19 heavy (non-hydrogen) atoms. The number of hydrogen-bond donors (Lipinski definition) is 0.